The molecule has 0 aliphatic rings. The van der Waals surface area contributed by atoms with Gasteiger partial charge in [0.1, 0.15) is 5.75 Å². The van der Waals surface area contributed by atoms with Crippen molar-refractivity contribution in [2.75, 3.05) is 18.2 Å². The maximum Gasteiger partial charge on any atom is 0.264 e. The Morgan fingerprint density at radius 3 is 2.57 bits per heavy atom. The van der Waals surface area contributed by atoms with Crippen LogP contribution in [0.2, 0.25) is 5.02 Å². The van der Waals surface area contributed by atoms with Crippen molar-refractivity contribution in [3.8, 4) is 17.1 Å². The van der Waals surface area contributed by atoms with E-state index in [4.69, 9.17) is 16.3 Å². The first-order valence-electron chi connectivity index (χ1n) is 8.05. The highest BCUT2D eigenvalue weighted by Crippen LogP contribution is 2.23. The highest BCUT2D eigenvalue weighted by atomic mass is 35.5. The monoisotopic (exact) mass is 437 g/mol. The van der Waals surface area contributed by atoms with Gasteiger partial charge in [-0.2, -0.15) is 9.36 Å². The number of halogens is 1. The molecule has 0 saturated heterocycles. The smallest absolute Gasteiger partial charge is 0.264 e. The third-order valence-electron chi connectivity index (χ3n) is 3.71. The van der Waals surface area contributed by atoms with E-state index in [1.54, 1.807) is 30.3 Å². The minimum Gasteiger partial charge on any atom is -0.484 e. The number of amides is 1. The number of sulfone groups is 1. The van der Waals surface area contributed by atoms with Crippen molar-refractivity contribution in [1.29, 1.82) is 0 Å². The first kappa shape index (κ1) is 20.2. The van der Waals surface area contributed by atoms with Crippen molar-refractivity contribution in [3.05, 3.63) is 53.1 Å². The molecule has 0 aliphatic carbocycles. The fourth-order valence-corrected chi connectivity index (χ4v) is 3.61. The molecule has 2 aromatic carbocycles. The summed E-state index contributed by atoms with van der Waals surface area (Å²) in [5.41, 5.74) is 1.51. The van der Waals surface area contributed by atoms with E-state index in [1.807, 2.05) is 6.92 Å². The third-order valence-corrected chi connectivity index (χ3v) is 5.90. The van der Waals surface area contributed by atoms with Gasteiger partial charge in [0.25, 0.3) is 5.91 Å². The molecule has 0 fully saturated rings. The molecular formula is C18H16ClN3O4S2. The van der Waals surface area contributed by atoms with Gasteiger partial charge in [0.2, 0.25) is 5.13 Å². The van der Waals surface area contributed by atoms with Crippen LogP contribution in [0.4, 0.5) is 5.13 Å². The summed E-state index contributed by atoms with van der Waals surface area (Å²) in [7, 11) is -3.26. The number of hydrogen-bond donors (Lipinski definition) is 1. The lowest BCUT2D eigenvalue weighted by Crippen LogP contribution is -2.20. The zero-order valence-corrected chi connectivity index (χ0v) is 17.4. The number of ether oxygens (including phenoxy) is 1. The Morgan fingerprint density at radius 2 is 1.93 bits per heavy atom. The standard InChI is InChI=1S/C18H16ClN3O4S2/c1-11-9-13(5-8-15(11)19)26-10-16(23)20-18-21-17(22-27-18)12-3-6-14(7-4-12)28(2,24)25/h3-9H,10H2,1-2H3,(H,20,21,22,23). The number of aromatic nitrogens is 2. The summed E-state index contributed by atoms with van der Waals surface area (Å²) in [4.78, 5) is 16.5. The van der Waals surface area contributed by atoms with Crippen molar-refractivity contribution < 1.29 is 17.9 Å². The van der Waals surface area contributed by atoms with Crippen LogP contribution in [-0.4, -0.2) is 36.5 Å². The maximum atomic E-state index is 12.0. The van der Waals surface area contributed by atoms with Crippen molar-refractivity contribution in [2.24, 2.45) is 0 Å². The van der Waals surface area contributed by atoms with Gasteiger partial charge in [-0.25, -0.2) is 8.42 Å². The molecule has 146 valence electrons. The fraction of sp³-hybridized carbons (Fsp3) is 0.167. The molecule has 1 aromatic heterocycles. The van der Waals surface area contributed by atoms with Gasteiger partial charge < -0.3 is 4.74 Å². The minimum absolute atomic E-state index is 0.182. The molecule has 3 rings (SSSR count). The molecule has 0 aliphatic heterocycles. The first-order chi connectivity index (χ1) is 13.2. The fourth-order valence-electron chi connectivity index (χ4n) is 2.25. The number of nitrogens with zero attached hydrogens (tertiary/aromatic N) is 2. The molecule has 1 heterocycles. The number of carbonyl (C=O) groups is 1. The van der Waals surface area contributed by atoms with E-state index in [2.05, 4.69) is 14.7 Å². The Morgan fingerprint density at radius 1 is 1.21 bits per heavy atom. The van der Waals surface area contributed by atoms with E-state index in [0.29, 0.717) is 27.3 Å². The van der Waals surface area contributed by atoms with E-state index in [9.17, 15) is 13.2 Å². The van der Waals surface area contributed by atoms with Gasteiger partial charge in [-0.1, -0.05) is 11.6 Å². The van der Waals surface area contributed by atoms with Crippen LogP contribution in [0.3, 0.4) is 0 Å². The summed E-state index contributed by atoms with van der Waals surface area (Å²) >= 11 is 6.98. The molecule has 0 bridgehead atoms. The zero-order chi connectivity index (χ0) is 20.3. The van der Waals surface area contributed by atoms with Crippen LogP contribution in [0.5, 0.6) is 5.75 Å². The van der Waals surface area contributed by atoms with Crippen LogP contribution >= 0.6 is 23.1 Å². The highest BCUT2D eigenvalue weighted by molar-refractivity contribution is 7.90. The van der Waals surface area contributed by atoms with Gasteiger partial charge in [-0.15, -0.1) is 0 Å². The molecule has 3 aromatic rings. The van der Waals surface area contributed by atoms with Crippen LogP contribution in [0.1, 0.15) is 5.56 Å². The van der Waals surface area contributed by atoms with E-state index in [1.165, 1.54) is 12.1 Å². The molecule has 0 unspecified atom stereocenters. The van der Waals surface area contributed by atoms with Gasteiger partial charge in [-0.3, -0.25) is 10.1 Å². The van der Waals surface area contributed by atoms with E-state index >= 15 is 0 Å². The second-order valence-corrected chi connectivity index (χ2v) is 9.14. The van der Waals surface area contributed by atoms with E-state index in [-0.39, 0.29) is 17.4 Å². The Labute approximate surface area is 171 Å². The summed E-state index contributed by atoms with van der Waals surface area (Å²) in [5.74, 6) is 0.568. The topological polar surface area (TPSA) is 98.2 Å². The first-order valence-corrected chi connectivity index (χ1v) is 11.1. The number of anilines is 1. The largest absolute Gasteiger partial charge is 0.484 e. The molecular weight excluding hydrogens is 422 g/mol. The Hall–Kier alpha value is -2.49. The molecule has 0 saturated carbocycles. The minimum atomic E-state index is -3.26. The summed E-state index contributed by atoms with van der Waals surface area (Å²) in [6, 6.07) is 11.4. The van der Waals surface area contributed by atoms with Crippen molar-refractivity contribution in [2.45, 2.75) is 11.8 Å². The van der Waals surface area contributed by atoms with Gasteiger partial charge in [0, 0.05) is 28.4 Å². The number of benzene rings is 2. The van der Waals surface area contributed by atoms with Crippen LogP contribution in [0, 0.1) is 6.92 Å². The van der Waals surface area contributed by atoms with Crippen molar-refractivity contribution in [1.82, 2.24) is 9.36 Å². The maximum absolute atomic E-state index is 12.0. The molecule has 28 heavy (non-hydrogen) atoms. The van der Waals surface area contributed by atoms with Gasteiger partial charge in [0.05, 0.1) is 4.90 Å². The summed E-state index contributed by atoms with van der Waals surface area (Å²) < 4.78 is 32.6. The number of carbonyl (C=O) groups excluding carboxylic acids is 1. The van der Waals surface area contributed by atoms with Crippen molar-refractivity contribution >= 4 is 44.0 Å². The van der Waals surface area contributed by atoms with Gasteiger partial charge in [-0.05, 0) is 55.0 Å². The van der Waals surface area contributed by atoms with Gasteiger partial charge >= 0.3 is 0 Å². The molecule has 7 nitrogen and oxygen atoms in total. The van der Waals surface area contributed by atoms with E-state index in [0.717, 1.165) is 23.4 Å². The molecule has 0 spiro atoms. The Balaban J connectivity index is 1.60. The molecule has 1 N–H and O–H groups in total. The Bertz CT molecular complexity index is 1110. The number of rotatable bonds is 6. The summed E-state index contributed by atoms with van der Waals surface area (Å²) in [6.45, 7) is 1.67. The van der Waals surface area contributed by atoms with Gasteiger partial charge in [0.15, 0.2) is 22.3 Å². The molecule has 1 amide bonds. The summed E-state index contributed by atoms with van der Waals surface area (Å²) in [5, 5.41) is 3.57. The van der Waals surface area contributed by atoms with Crippen LogP contribution in [-0.2, 0) is 14.6 Å². The SMILES string of the molecule is Cc1cc(OCC(=O)Nc2nc(-c3ccc(S(C)(=O)=O)cc3)ns2)ccc1Cl. The normalized spacial score (nSPS) is 11.2. The molecule has 10 heteroatoms. The lowest BCUT2D eigenvalue weighted by atomic mass is 10.2. The third kappa shape index (κ3) is 5.06. The van der Waals surface area contributed by atoms with Crippen LogP contribution in [0.15, 0.2) is 47.4 Å². The molecule has 0 atom stereocenters. The quantitative estimate of drug-likeness (QED) is 0.632. The van der Waals surface area contributed by atoms with E-state index < -0.39 is 9.84 Å². The molecule has 0 radical (unpaired) electrons. The van der Waals surface area contributed by atoms with Crippen LogP contribution in [0.25, 0.3) is 11.4 Å². The second kappa shape index (κ2) is 8.26. The lowest BCUT2D eigenvalue weighted by molar-refractivity contribution is -0.118. The predicted molar refractivity (Wildman–Crippen MR) is 109 cm³/mol. The van der Waals surface area contributed by atoms with Crippen LogP contribution < -0.4 is 10.1 Å². The summed E-state index contributed by atoms with van der Waals surface area (Å²) in [6.07, 6.45) is 1.14. The second-order valence-electron chi connectivity index (χ2n) is 5.97. The number of aryl methyl sites for hydroxylation is 1. The Kier molecular flexibility index (Phi) is 5.97. The average molecular weight is 438 g/mol. The average Bonchev–Trinajstić information content (AvgIpc) is 3.10. The lowest BCUT2D eigenvalue weighted by Gasteiger charge is -2.07. The van der Waals surface area contributed by atoms with Crippen molar-refractivity contribution in [3.63, 3.8) is 0 Å². The zero-order valence-electron chi connectivity index (χ0n) is 15.0. The highest BCUT2D eigenvalue weighted by Gasteiger charge is 2.12. The number of nitrogens with one attached hydrogen (secondary N) is 1. The number of hydrogen-bond acceptors (Lipinski definition) is 7. The predicted octanol–water partition coefficient (Wildman–Crippen LogP) is 3.59.